The number of anilines is 1. The molecular formula is C11H14BrNO. The van der Waals surface area contributed by atoms with Crippen molar-refractivity contribution >= 4 is 21.6 Å². The highest BCUT2D eigenvalue weighted by molar-refractivity contribution is 9.10. The van der Waals surface area contributed by atoms with Gasteiger partial charge in [0.05, 0.1) is 18.9 Å². The summed E-state index contributed by atoms with van der Waals surface area (Å²) in [5.41, 5.74) is 2.56. The third-order valence-electron chi connectivity index (χ3n) is 2.45. The van der Waals surface area contributed by atoms with Crippen molar-refractivity contribution in [1.29, 1.82) is 0 Å². The molecule has 0 bridgehead atoms. The molecule has 1 saturated heterocycles. The van der Waals surface area contributed by atoms with Gasteiger partial charge in [-0.1, -0.05) is 6.07 Å². The van der Waals surface area contributed by atoms with Gasteiger partial charge in [0.15, 0.2) is 0 Å². The van der Waals surface area contributed by atoms with E-state index in [9.17, 15) is 0 Å². The largest absolute Gasteiger partial charge is 0.378 e. The van der Waals surface area contributed by atoms with E-state index >= 15 is 0 Å². The van der Waals surface area contributed by atoms with E-state index < -0.39 is 0 Å². The number of rotatable bonds is 1. The molecule has 0 radical (unpaired) electrons. The predicted octanol–water partition coefficient (Wildman–Crippen LogP) is 2.59. The van der Waals surface area contributed by atoms with Gasteiger partial charge in [-0.2, -0.15) is 0 Å². The summed E-state index contributed by atoms with van der Waals surface area (Å²) in [6.07, 6.45) is 0. The molecule has 1 aliphatic heterocycles. The maximum atomic E-state index is 5.33. The van der Waals surface area contributed by atoms with Crippen molar-refractivity contribution in [2.24, 2.45) is 0 Å². The number of morpholine rings is 1. The van der Waals surface area contributed by atoms with Gasteiger partial charge in [-0.25, -0.2) is 0 Å². The van der Waals surface area contributed by atoms with Crippen molar-refractivity contribution in [3.05, 3.63) is 28.2 Å². The number of hydrogen-bond donors (Lipinski definition) is 0. The van der Waals surface area contributed by atoms with Crippen molar-refractivity contribution in [2.75, 3.05) is 31.2 Å². The molecule has 1 aromatic rings. The van der Waals surface area contributed by atoms with E-state index in [1.54, 1.807) is 0 Å². The van der Waals surface area contributed by atoms with Crippen LogP contribution in [0, 0.1) is 6.92 Å². The van der Waals surface area contributed by atoms with Crippen LogP contribution in [-0.4, -0.2) is 26.3 Å². The molecule has 2 rings (SSSR count). The Hall–Kier alpha value is -0.540. The highest BCUT2D eigenvalue weighted by Gasteiger charge is 2.13. The van der Waals surface area contributed by atoms with Crippen LogP contribution in [0.15, 0.2) is 22.7 Å². The normalized spacial score (nSPS) is 17.1. The topological polar surface area (TPSA) is 12.5 Å². The molecule has 0 saturated carbocycles. The van der Waals surface area contributed by atoms with E-state index in [0.29, 0.717) is 0 Å². The van der Waals surface area contributed by atoms with Crippen molar-refractivity contribution in [2.45, 2.75) is 6.92 Å². The standard InChI is InChI=1S/C11H14BrNO/c1-9-2-3-11(10(12)8-9)13-4-6-14-7-5-13/h2-3,8H,4-7H2,1H3. The minimum Gasteiger partial charge on any atom is -0.378 e. The second-order valence-corrected chi connectivity index (χ2v) is 4.41. The van der Waals surface area contributed by atoms with Crippen molar-refractivity contribution in [3.63, 3.8) is 0 Å². The fraction of sp³-hybridized carbons (Fsp3) is 0.455. The molecule has 1 aliphatic rings. The minimum atomic E-state index is 0.834. The van der Waals surface area contributed by atoms with Gasteiger partial charge in [0.1, 0.15) is 0 Å². The summed E-state index contributed by atoms with van der Waals surface area (Å²) in [5, 5.41) is 0. The van der Waals surface area contributed by atoms with E-state index in [1.807, 2.05) is 0 Å². The van der Waals surface area contributed by atoms with Crippen LogP contribution in [-0.2, 0) is 4.74 Å². The number of aryl methyl sites for hydroxylation is 1. The van der Waals surface area contributed by atoms with E-state index in [0.717, 1.165) is 26.3 Å². The average Bonchev–Trinajstić information content (AvgIpc) is 2.19. The summed E-state index contributed by atoms with van der Waals surface area (Å²) in [6, 6.07) is 6.48. The summed E-state index contributed by atoms with van der Waals surface area (Å²) < 4.78 is 6.51. The highest BCUT2D eigenvalue weighted by atomic mass is 79.9. The molecule has 2 nitrogen and oxygen atoms in total. The van der Waals surface area contributed by atoms with Crippen LogP contribution in [0.1, 0.15) is 5.56 Å². The lowest BCUT2D eigenvalue weighted by Gasteiger charge is -2.29. The summed E-state index contributed by atoms with van der Waals surface area (Å²) >= 11 is 3.60. The molecule has 1 fully saturated rings. The molecule has 0 atom stereocenters. The first-order valence-corrected chi connectivity index (χ1v) is 5.65. The summed E-state index contributed by atoms with van der Waals surface area (Å²) in [6.45, 7) is 5.75. The van der Waals surface area contributed by atoms with Gasteiger partial charge in [-0.05, 0) is 40.5 Å². The molecule has 0 aromatic heterocycles. The highest BCUT2D eigenvalue weighted by Crippen LogP contribution is 2.27. The molecule has 0 unspecified atom stereocenters. The van der Waals surface area contributed by atoms with Gasteiger partial charge in [0.2, 0.25) is 0 Å². The molecule has 1 heterocycles. The van der Waals surface area contributed by atoms with Gasteiger partial charge >= 0.3 is 0 Å². The van der Waals surface area contributed by atoms with Crippen LogP contribution in [0.3, 0.4) is 0 Å². The number of hydrogen-bond acceptors (Lipinski definition) is 2. The summed E-state index contributed by atoms with van der Waals surface area (Å²) in [7, 11) is 0. The van der Waals surface area contributed by atoms with E-state index in [-0.39, 0.29) is 0 Å². The first kappa shape index (κ1) is 9.99. The Labute approximate surface area is 93.0 Å². The third-order valence-corrected chi connectivity index (χ3v) is 3.09. The maximum absolute atomic E-state index is 5.33. The minimum absolute atomic E-state index is 0.834. The van der Waals surface area contributed by atoms with E-state index in [1.165, 1.54) is 15.7 Å². The first-order valence-electron chi connectivity index (χ1n) is 4.86. The molecule has 0 amide bonds. The molecule has 0 N–H and O–H groups in total. The summed E-state index contributed by atoms with van der Waals surface area (Å²) in [4.78, 5) is 2.35. The van der Waals surface area contributed by atoms with Crippen molar-refractivity contribution in [3.8, 4) is 0 Å². The molecule has 3 heteroatoms. The smallest absolute Gasteiger partial charge is 0.0642 e. The van der Waals surface area contributed by atoms with Crippen molar-refractivity contribution < 1.29 is 4.74 Å². The second kappa shape index (κ2) is 4.32. The average molecular weight is 256 g/mol. The van der Waals surface area contributed by atoms with Gasteiger partial charge < -0.3 is 9.64 Å². The van der Waals surface area contributed by atoms with Crippen LogP contribution in [0.25, 0.3) is 0 Å². The van der Waals surface area contributed by atoms with Crippen molar-refractivity contribution in [1.82, 2.24) is 0 Å². The van der Waals surface area contributed by atoms with E-state index in [2.05, 4.69) is 46.0 Å². The SMILES string of the molecule is Cc1ccc(N2CCOCC2)c(Br)c1. The molecular weight excluding hydrogens is 242 g/mol. The Morgan fingerprint density at radius 3 is 2.64 bits per heavy atom. The zero-order valence-corrected chi connectivity index (χ0v) is 9.88. The van der Waals surface area contributed by atoms with Crippen LogP contribution < -0.4 is 4.90 Å². The van der Waals surface area contributed by atoms with Gasteiger partial charge in [0, 0.05) is 17.6 Å². The van der Waals surface area contributed by atoms with E-state index in [4.69, 9.17) is 4.74 Å². The Bertz CT molecular complexity index is 321. The zero-order valence-electron chi connectivity index (χ0n) is 8.29. The summed E-state index contributed by atoms with van der Waals surface area (Å²) in [5.74, 6) is 0. The third kappa shape index (κ3) is 2.10. The zero-order chi connectivity index (χ0) is 9.97. The first-order chi connectivity index (χ1) is 6.77. The quantitative estimate of drug-likeness (QED) is 0.765. The fourth-order valence-electron chi connectivity index (χ4n) is 1.67. The van der Waals surface area contributed by atoms with Crippen LogP contribution >= 0.6 is 15.9 Å². The molecule has 76 valence electrons. The van der Waals surface area contributed by atoms with Gasteiger partial charge in [-0.15, -0.1) is 0 Å². The number of ether oxygens (including phenoxy) is 1. The lowest BCUT2D eigenvalue weighted by molar-refractivity contribution is 0.122. The fourth-order valence-corrected chi connectivity index (χ4v) is 2.42. The Morgan fingerprint density at radius 2 is 2.00 bits per heavy atom. The lowest BCUT2D eigenvalue weighted by Crippen LogP contribution is -2.36. The molecule has 14 heavy (non-hydrogen) atoms. The maximum Gasteiger partial charge on any atom is 0.0642 e. The number of benzene rings is 1. The Balaban J connectivity index is 2.22. The molecule has 1 aromatic carbocycles. The Kier molecular flexibility index (Phi) is 3.08. The van der Waals surface area contributed by atoms with Crippen LogP contribution in [0.5, 0.6) is 0 Å². The van der Waals surface area contributed by atoms with Crippen LogP contribution in [0.4, 0.5) is 5.69 Å². The Morgan fingerprint density at radius 1 is 1.29 bits per heavy atom. The number of halogens is 1. The molecule has 0 spiro atoms. The van der Waals surface area contributed by atoms with Gasteiger partial charge in [-0.3, -0.25) is 0 Å². The lowest BCUT2D eigenvalue weighted by atomic mass is 10.2. The van der Waals surface area contributed by atoms with Gasteiger partial charge in [0.25, 0.3) is 0 Å². The predicted molar refractivity (Wildman–Crippen MR) is 61.9 cm³/mol. The van der Waals surface area contributed by atoms with Crippen LogP contribution in [0.2, 0.25) is 0 Å². The molecule has 0 aliphatic carbocycles. The number of nitrogens with zero attached hydrogens (tertiary/aromatic N) is 1. The second-order valence-electron chi connectivity index (χ2n) is 3.55. The monoisotopic (exact) mass is 255 g/mol.